The molecule has 0 unspecified atom stereocenters. The molecule has 3 nitrogen and oxygen atoms in total. The van der Waals surface area contributed by atoms with Crippen molar-refractivity contribution in [3.63, 3.8) is 0 Å². The van der Waals surface area contributed by atoms with Crippen LogP contribution < -0.4 is 10.6 Å². The van der Waals surface area contributed by atoms with Gasteiger partial charge in [-0.05, 0) is 36.5 Å². The second kappa shape index (κ2) is 7.00. The summed E-state index contributed by atoms with van der Waals surface area (Å²) in [5.74, 6) is 0. The van der Waals surface area contributed by atoms with Crippen LogP contribution >= 0.6 is 19.6 Å². The average Bonchev–Trinajstić information content (AvgIpc) is 2.42. The normalized spacial score (nSPS) is 9.83. The van der Waals surface area contributed by atoms with Crippen molar-refractivity contribution in [1.82, 2.24) is 0 Å². The van der Waals surface area contributed by atoms with E-state index in [0.29, 0.717) is 10.6 Å². The number of hydrogen-bond acceptors (Lipinski definition) is 3. The molecular weight excluding hydrogens is 265 g/mol. The van der Waals surface area contributed by atoms with Gasteiger partial charge in [-0.3, -0.25) is 4.57 Å². The Morgan fingerprint density at radius 1 is 0.944 bits per heavy atom. The molecule has 0 aliphatic heterocycles. The van der Waals surface area contributed by atoms with Gasteiger partial charge in [-0.2, -0.15) is 0 Å². The Kier molecular flexibility index (Phi) is 5.63. The lowest BCUT2D eigenvalue weighted by atomic mass is 10.4. The fourth-order valence-corrected chi connectivity index (χ4v) is 2.86. The molecule has 0 aromatic heterocycles. The molecule has 92 valence electrons. The van der Waals surface area contributed by atoms with Crippen molar-refractivity contribution in [2.75, 3.05) is 0 Å². The molecule has 2 N–H and O–H groups in total. The van der Waals surface area contributed by atoms with Crippen LogP contribution in [0.5, 0.6) is 0 Å². The molecule has 0 spiro atoms. The molecule has 0 bridgehead atoms. The summed E-state index contributed by atoms with van der Waals surface area (Å²) in [5.41, 5.74) is 0. The van der Waals surface area contributed by atoms with Crippen LogP contribution in [0.25, 0.3) is 0 Å². The van der Waals surface area contributed by atoms with Gasteiger partial charge >= 0.3 is 0 Å². The SMILES string of the molecule is N=C=S.O=P(O)(c1ccccc1)c1ccccc1. The van der Waals surface area contributed by atoms with E-state index in [1.54, 1.807) is 53.7 Å². The third kappa shape index (κ3) is 3.73. The first-order chi connectivity index (χ1) is 8.62. The molecule has 0 aliphatic rings. The van der Waals surface area contributed by atoms with Gasteiger partial charge in [0.05, 0.1) is 5.16 Å². The Morgan fingerprint density at radius 2 is 1.22 bits per heavy atom. The molecule has 0 aliphatic carbocycles. The van der Waals surface area contributed by atoms with Gasteiger partial charge in [-0.25, -0.2) is 5.41 Å². The molecule has 0 fully saturated rings. The molecule has 2 aromatic carbocycles. The van der Waals surface area contributed by atoms with Gasteiger partial charge < -0.3 is 4.89 Å². The van der Waals surface area contributed by atoms with Gasteiger partial charge in [0.1, 0.15) is 0 Å². The Balaban J connectivity index is 0.000000492. The average molecular weight is 277 g/mol. The fraction of sp³-hybridized carbons (Fsp3) is 0. The summed E-state index contributed by atoms with van der Waals surface area (Å²) in [7, 11) is -3.40. The standard InChI is InChI=1S/C12H11O2P.CHNS/c13-15(14,11-7-3-1-4-8-11)12-9-5-2-6-10-12;2-1-3/h1-10H,(H,13,14);2H. The largest absolute Gasteiger partial charge is 0.338 e. The summed E-state index contributed by atoms with van der Waals surface area (Å²) in [6.45, 7) is 0. The van der Waals surface area contributed by atoms with Gasteiger partial charge in [-0.1, -0.05) is 36.4 Å². The van der Waals surface area contributed by atoms with Crippen LogP contribution in [0.3, 0.4) is 0 Å². The molecule has 0 radical (unpaired) electrons. The molecule has 18 heavy (non-hydrogen) atoms. The van der Waals surface area contributed by atoms with E-state index in [0.717, 1.165) is 0 Å². The summed E-state index contributed by atoms with van der Waals surface area (Å²) in [6.07, 6.45) is 0. The lowest BCUT2D eigenvalue weighted by molar-refractivity contribution is 0.501. The van der Waals surface area contributed by atoms with Crippen molar-refractivity contribution < 1.29 is 9.46 Å². The van der Waals surface area contributed by atoms with E-state index in [9.17, 15) is 9.46 Å². The number of benzene rings is 2. The van der Waals surface area contributed by atoms with Gasteiger partial charge in [0.15, 0.2) is 0 Å². The molecular formula is C13H12NO2PS. The lowest BCUT2D eigenvalue weighted by Gasteiger charge is -2.11. The van der Waals surface area contributed by atoms with E-state index in [1.807, 2.05) is 12.1 Å². The summed E-state index contributed by atoms with van der Waals surface area (Å²) >= 11 is 3.81. The van der Waals surface area contributed by atoms with Gasteiger partial charge in [-0.15, -0.1) is 0 Å². The van der Waals surface area contributed by atoms with Crippen molar-refractivity contribution in [3.8, 4) is 0 Å². The highest BCUT2D eigenvalue weighted by atomic mass is 32.1. The minimum absolute atomic E-state index is 0.469. The number of isothiocyanates is 1. The van der Waals surface area contributed by atoms with Crippen LogP contribution in [0.15, 0.2) is 60.7 Å². The van der Waals surface area contributed by atoms with Gasteiger partial charge in [0.25, 0.3) is 7.37 Å². The first kappa shape index (κ1) is 14.5. The zero-order chi connectivity index (χ0) is 13.4. The molecule has 0 saturated carbocycles. The maximum Gasteiger partial charge on any atom is 0.258 e. The maximum absolute atomic E-state index is 12.2. The van der Waals surface area contributed by atoms with Crippen molar-refractivity contribution in [2.45, 2.75) is 0 Å². The smallest absolute Gasteiger partial charge is 0.258 e. The van der Waals surface area contributed by atoms with Crippen LogP contribution in [0.1, 0.15) is 0 Å². The highest BCUT2D eigenvalue weighted by molar-refractivity contribution is 7.78. The highest BCUT2D eigenvalue weighted by Gasteiger charge is 2.22. The summed E-state index contributed by atoms with van der Waals surface area (Å²) in [5, 5.41) is 8.29. The Hall–Kier alpha value is -1.57. The number of rotatable bonds is 2. The lowest BCUT2D eigenvalue weighted by Crippen LogP contribution is -2.14. The fourth-order valence-electron chi connectivity index (χ4n) is 1.41. The molecule has 2 aromatic rings. The molecule has 0 heterocycles. The molecule has 0 saturated heterocycles. The van der Waals surface area contributed by atoms with E-state index in [2.05, 4.69) is 12.2 Å². The first-order valence-corrected chi connectivity index (χ1v) is 7.17. The Labute approximate surface area is 111 Å². The predicted octanol–water partition coefficient (Wildman–Crippen LogP) is 2.58. The van der Waals surface area contributed by atoms with E-state index in [-0.39, 0.29) is 0 Å². The number of hydrogen-bond donors (Lipinski definition) is 2. The number of thiocarbonyl (C=S) groups is 1. The van der Waals surface area contributed by atoms with E-state index in [4.69, 9.17) is 5.41 Å². The zero-order valence-electron chi connectivity index (χ0n) is 9.48. The van der Waals surface area contributed by atoms with E-state index >= 15 is 0 Å². The minimum atomic E-state index is -3.40. The van der Waals surface area contributed by atoms with Crippen LogP contribution in [0, 0.1) is 5.41 Å². The molecule has 5 heteroatoms. The molecule has 0 amide bonds. The van der Waals surface area contributed by atoms with Crippen molar-refractivity contribution >= 4 is 35.4 Å². The van der Waals surface area contributed by atoms with Crippen LogP contribution in [0.4, 0.5) is 0 Å². The second-order valence-corrected chi connectivity index (χ2v) is 5.74. The summed E-state index contributed by atoms with van der Waals surface area (Å²) < 4.78 is 12.2. The van der Waals surface area contributed by atoms with E-state index in [1.165, 1.54) is 0 Å². The van der Waals surface area contributed by atoms with E-state index < -0.39 is 7.37 Å². The molecule has 2 rings (SSSR count). The predicted molar refractivity (Wildman–Crippen MR) is 77.3 cm³/mol. The topological polar surface area (TPSA) is 61.2 Å². The van der Waals surface area contributed by atoms with Crippen molar-refractivity contribution in [3.05, 3.63) is 60.7 Å². The highest BCUT2D eigenvalue weighted by Crippen LogP contribution is 2.37. The zero-order valence-corrected chi connectivity index (χ0v) is 11.2. The minimum Gasteiger partial charge on any atom is -0.338 e. The first-order valence-electron chi connectivity index (χ1n) is 5.11. The monoisotopic (exact) mass is 277 g/mol. The summed E-state index contributed by atoms with van der Waals surface area (Å²) in [4.78, 5) is 10.0. The second-order valence-electron chi connectivity index (χ2n) is 3.35. The number of nitrogens with one attached hydrogen (secondary N) is 1. The Bertz CT molecular complexity index is 523. The van der Waals surface area contributed by atoms with Crippen molar-refractivity contribution in [2.24, 2.45) is 0 Å². The third-order valence-electron chi connectivity index (χ3n) is 2.21. The summed E-state index contributed by atoms with van der Waals surface area (Å²) in [6, 6.07) is 17.4. The van der Waals surface area contributed by atoms with Crippen LogP contribution in [-0.4, -0.2) is 10.1 Å². The van der Waals surface area contributed by atoms with Crippen LogP contribution in [-0.2, 0) is 4.57 Å². The Morgan fingerprint density at radius 3 is 1.50 bits per heavy atom. The maximum atomic E-state index is 12.2. The van der Waals surface area contributed by atoms with Crippen molar-refractivity contribution in [1.29, 1.82) is 5.41 Å². The van der Waals surface area contributed by atoms with Gasteiger partial charge in [0.2, 0.25) is 0 Å². The quantitative estimate of drug-likeness (QED) is 0.504. The molecule has 0 atom stereocenters. The van der Waals surface area contributed by atoms with Gasteiger partial charge in [0, 0.05) is 10.6 Å². The van der Waals surface area contributed by atoms with Crippen LogP contribution in [0.2, 0.25) is 0 Å². The third-order valence-corrected chi connectivity index (χ3v) is 4.21.